The maximum atomic E-state index is 13.2. The van der Waals surface area contributed by atoms with Gasteiger partial charge in [-0.15, -0.1) is 0 Å². The van der Waals surface area contributed by atoms with E-state index in [0.717, 1.165) is 24.3 Å². The molecule has 3 rings (SSSR count). The van der Waals surface area contributed by atoms with Crippen LogP contribution in [0, 0.1) is 27.2 Å². The first-order chi connectivity index (χ1) is 15.0. The number of nitrogens with zero attached hydrogens (tertiary/aromatic N) is 3. The van der Waals surface area contributed by atoms with Crippen LogP contribution in [0.2, 0.25) is 0 Å². The van der Waals surface area contributed by atoms with Crippen molar-refractivity contribution < 1.29 is 32.5 Å². The minimum absolute atomic E-state index is 0.183. The molecule has 0 aliphatic carbocycles. The third-order valence-corrected chi connectivity index (χ3v) is 4.93. The summed E-state index contributed by atoms with van der Waals surface area (Å²) in [5.41, 5.74) is -2.87. The van der Waals surface area contributed by atoms with Gasteiger partial charge >= 0.3 is 6.18 Å². The molecule has 2 aromatic carbocycles. The number of nitro benzene ring substituents is 2. The zero-order valence-electron chi connectivity index (χ0n) is 16.6. The van der Waals surface area contributed by atoms with Crippen molar-refractivity contribution >= 4 is 28.7 Å². The van der Waals surface area contributed by atoms with Crippen molar-refractivity contribution in [2.24, 2.45) is 0 Å². The number of anilines is 2. The molecular weight excluding hydrogens is 437 g/mol. The van der Waals surface area contributed by atoms with Gasteiger partial charge < -0.3 is 15.0 Å². The van der Waals surface area contributed by atoms with Crippen molar-refractivity contribution in [3.8, 4) is 0 Å². The van der Waals surface area contributed by atoms with Crippen LogP contribution in [0.15, 0.2) is 30.3 Å². The van der Waals surface area contributed by atoms with Crippen molar-refractivity contribution in [1.82, 2.24) is 0 Å². The van der Waals surface area contributed by atoms with E-state index >= 15 is 0 Å². The molecule has 1 fully saturated rings. The molecule has 0 bridgehead atoms. The van der Waals surface area contributed by atoms with E-state index in [1.165, 1.54) is 13.0 Å². The molecule has 1 saturated heterocycles. The van der Waals surface area contributed by atoms with Gasteiger partial charge in [0.05, 0.1) is 45.6 Å². The zero-order valence-corrected chi connectivity index (χ0v) is 16.6. The van der Waals surface area contributed by atoms with Crippen LogP contribution >= 0.6 is 0 Å². The van der Waals surface area contributed by atoms with Gasteiger partial charge in [0.25, 0.3) is 17.3 Å². The van der Waals surface area contributed by atoms with Crippen LogP contribution in [0.4, 0.5) is 35.9 Å². The number of hydrogen-bond donors (Lipinski definition) is 1. The van der Waals surface area contributed by atoms with Crippen molar-refractivity contribution in [3.63, 3.8) is 0 Å². The van der Waals surface area contributed by atoms with Gasteiger partial charge in [-0.05, 0) is 25.1 Å². The lowest BCUT2D eigenvalue weighted by Crippen LogP contribution is -2.36. The number of morpholine rings is 1. The highest BCUT2D eigenvalue weighted by molar-refractivity contribution is 6.07. The summed E-state index contributed by atoms with van der Waals surface area (Å²) in [5.74, 6) is -1.02. The molecule has 1 heterocycles. The summed E-state index contributed by atoms with van der Waals surface area (Å²) in [5, 5.41) is 24.8. The van der Waals surface area contributed by atoms with Gasteiger partial charge in [-0.2, -0.15) is 13.2 Å². The topological polar surface area (TPSA) is 128 Å². The third kappa shape index (κ3) is 4.77. The fraction of sp³-hybridized carbons (Fsp3) is 0.316. The Balaban J connectivity index is 2.04. The van der Waals surface area contributed by atoms with Crippen LogP contribution in [0.25, 0.3) is 0 Å². The highest BCUT2D eigenvalue weighted by Crippen LogP contribution is 2.36. The SMILES string of the molecule is Cc1c([N+](=O)[O-])cc(C(=O)Nc2cc(C(F)(F)F)ccc2N2CCOCC2)cc1[N+](=O)[O-]. The normalized spacial score (nSPS) is 14.2. The standard InChI is InChI=1S/C19H17F3N4O6/c1-11-16(25(28)29)8-12(9-17(11)26(30)31)18(27)23-14-10-13(19(20,21)22)2-3-15(14)24-4-6-32-7-5-24/h2-3,8-10H,4-7H2,1H3,(H,23,27). The molecule has 0 radical (unpaired) electrons. The number of benzene rings is 2. The molecule has 2 aromatic rings. The molecule has 1 aliphatic rings. The monoisotopic (exact) mass is 454 g/mol. The molecular formula is C19H17F3N4O6. The Morgan fingerprint density at radius 3 is 2.12 bits per heavy atom. The van der Waals surface area contributed by atoms with Gasteiger partial charge in [-0.1, -0.05) is 0 Å². The van der Waals surface area contributed by atoms with E-state index in [1.807, 2.05) is 0 Å². The van der Waals surface area contributed by atoms with Crippen LogP contribution in [-0.4, -0.2) is 42.1 Å². The van der Waals surface area contributed by atoms with E-state index in [-0.39, 0.29) is 11.3 Å². The first-order valence-electron chi connectivity index (χ1n) is 9.27. The van der Waals surface area contributed by atoms with Gasteiger partial charge in [0, 0.05) is 25.2 Å². The van der Waals surface area contributed by atoms with E-state index < -0.39 is 44.4 Å². The molecule has 0 atom stereocenters. The molecule has 0 unspecified atom stereocenters. The second kappa shape index (κ2) is 8.78. The van der Waals surface area contributed by atoms with Crippen LogP contribution in [0.5, 0.6) is 0 Å². The molecule has 13 heteroatoms. The molecule has 170 valence electrons. The van der Waals surface area contributed by atoms with Gasteiger partial charge in [0.1, 0.15) is 5.56 Å². The summed E-state index contributed by atoms with van der Waals surface area (Å²) in [6.07, 6.45) is -4.68. The number of halogens is 3. The number of ether oxygens (including phenoxy) is 1. The lowest BCUT2D eigenvalue weighted by molar-refractivity contribution is -0.395. The van der Waals surface area contributed by atoms with Crippen molar-refractivity contribution in [1.29, 1.82) is 0 Å². The smallest absolute Gasteiger partial charge is 0.378 e. The largest absolute Gasteiger partial charge is 0.416 e. The number of amides is 1. The summed E-state index contributed by atoms with van der Waals surface area (Å²) in [6.45, 7) is 2.59. The minimum atomic E-state index is -4.68. The Bertz CT molecular complexity index is 1050. The summed E-state index contributed by atoms with van der Waals surface area (Å²) in [4.78, 5) is 35.3. The van der Waals surface area contributed by atoms with E-state index in [4.69, 9.17) is 4.74 Å². The van der Waals surface area contributed by atoms with Gasteiger partial charge in [-0.25, -0.2) is 0 Å². The summed E-state index contributed by atoms with van der Waals surface area (Å²) < 4.78 is 44.9. The molecule has 0 spiro atoms. The number of carbonyl (C=O) groups excluding carboxylic acids is 1. The molecule has 1 N–H and O–H groups in total. The number of hydrogen-bond acceptors (Lipinski definition) is 7. The maximum absolute atomic E-state index is 13.2. The van der Waals surface area contributed by atoms with Crippen molar-refractivity contribution in [3.05, 3.63) is 67.3 Å². The van der Waals surface area contributed by atoms with E-state index in [1.54, 1.807) is 4.90 Å². The molecule has 10 nitrogen and oxygen atoms in total. The average Bonchev–Trinajstić information content (AvgIpc) is 2.73. The van der Waals surface area contributed by atoms with Crippen molar-refractivity contribution in [2.45, 2.75) is 13.1 Å². The predicted molar refractivity (Wildman–Crippen MR) is 107 cm³/mol. The average molecular weight is 454 g/mol. The summed E-state index contributed by atoms with van der Waals surface area (Å²) in [7, 11) is 0. The van der Waals surface area contributed by atoms with Crippen molar-refractivity contribution in [2.75, 3.05) is 36.5 Å². The van der Waals surface area contributed by atoms with Crippen LogP contribution in [0.1, 0.15) is 21.5 Å². The quantitative estimate of drug-likeness (QED) is 0.536. The molecule has 32 heavy (non-hydrogen) atoms. The number of nitro groups is 2. The number of rotatable bonds is 5. The van der Waals surface area contributed by atoms with Crippen LogP contribution in [-0.2, 0) is 10.9 Å². The van der Waals surface area contributed by atoms with Crippen LogP contribution in [0.3, 0.4) is 0 Å². The Labute approximate surface area is 178 Å². The van der Waals surface area contributed by atoms with E-state index in [2.05, 4.69) is 5.32 Å². The first-order valence-corrected chi connectivity index (χ1v) is 9.27. The summed E-state index contributed by atoms with van der Waals surface area (Å²) in [6, 6.07) is 4.53. The Hall–Kier alpha value is -3.74. The molecule has 0 saturated carbocycles. The van der Waals surface area contributed by atoms with E-state index in [0.29, 0.717) is 32.0 Å². The minimum Gasteiger partial charge on any atom is -0.378 e. The number of nitrogens with one attached hydrogen (secondary N) is 1. The zero-order chi connectivity index (χ0) is 23.6. The number of alkyl halides is 3. The highest BCUT2D eigenvalue weighted by atomic mass is 19.4. The van der Waals surface area contributed by atoms with Crippen LogP contribution < -0.4 is 10.2 Å². The van der Waals surface area contributed by atoms with Gasteiger partial charge in [0.15, 0.2) is 0 Å². The third-order valence-electron chi connectivity index (χ3n) is 4.93. The summed E-state index contributed by atoms with van der Waals surface area (Å²) >= 11 is 0. The number of carbonyl (C=O) groups is 1. The second-order valence-electron chi connectivity index (χ2n) is 6.94. The molecule has 1 amide bonds. The Kier molecular flexibility index (Phi) is 6.30. The predicted octanol–water partition coefficient (Wildman–Crippen LogP) is 3.92. The lowest BCUT2D eigenvalue weighted by Gasteiger charge is -2.31. The van der Waals surface area contributed by atoms with Gasteiger partial charge in [0.2, 0.25) is 0 Å². The lowest BCUT2D eigenvalue weighted by atomic mass is 10.1. The van der Waals surface area contributed by atoms with E-state index in [9.17, 15) is 38.2 Å². The second-order valence-corrected chi connectivity index (χ2v) is 6.94. The Morgan fingerprint density at radius 2 is 1.62 bits per heavy atom. The van der Waals surface area contributed by atoms with Gasteiger partial charge in [-0.3, -0.25) is 25.0 Å². The maximum Gasteiger partial charge on any atom is 0.416 e. The molecule has 1 aliphatic heterocycles. The fourth-order valence-corrected chi connectivity index (χ4v) is 3.28. The molecule has 0 aromatic heterocycles. The first kappa shape index (κ1) is 22.9. The Morgan fingerprint density at radius 1 is 1.06 bits per heavy atom. The fourth-order valence-electron chi connectivity index (χ4n) is 3.28. The highest BCUT2D eigenvalue weighted by Gasteiger charge is 2.32.